The summed E-state index contributed by atoms with van der Waals surface area (Å²) in [5.74, 6) is -0.412. The van der Waals surface area contributed by atoms with Gasteiger partial charge in [0.1, 0.15) is 6.04 Å². The summed E-state index contributed by atoms with van der Waals surface area (Å²) in [7, 11) is 0. The minimum absolute atomic E-state index is 0.0483. The molecule has 2 amide bonds. The van der Waals surface area contributed by atoms with Gasteiger partial charge in [-0.3, -0.25) is 9.59 Å². The van der Waals surface area contributed by atoms with E-state index in [1.165, 1.54) is 0 Å². The van der Waals surface area contributed by atoms with Gasteiger partial charge >= 0.3 is 0 Å². The van der Waals surface area contributed by atoms with Gasteiger partial charge in [-0.25, -0.2) is 0 Å². The van der Waals surface area contributed by atoms with E-state index in [2.05, 4.69) is 11.9 Å². The van der Waals surface area contributed by atoms with E-state index >= 15 is 0 Å². The van der Waals surface area contributed by atoms with Gasteiger partial charge in [0, 0.05) is 18.3 Å². The fraction of sp³-hybridized carbons (Fsp3) is 0.474. The molecule has 1 N–H and O–H groups in total. The second-order valence-corrected chi connectivity index (χ2v) is 6.72. The van der Waals surface area contributed by atoms with Crippen LogP contribution >= 0.6 is 0 Å². The lowest BCUT2D eigenvalue weighted by Gasteiger charge is -2.22. The van der Waals surface area contributed by atoms with E-state index in [1.54, 1.807) is 4.90 Å². The van der Waals surface area contributed by atoms with Crippen LogP contribution in [0.2, 0.25) is 0 Å². The van der Waals surface area contributed by atoms with Gasteiger partial charge in [0.25, 0.3) is 0 Å². The first kappa shape index (κ1) is 16.7. The first-order valence-electron chi connectivity index (χ1n) is 8.44. The summed E-state index contributed by atoms with van der Waals surface area (Å²) in [6.07, 6.45) is 1.04. The predicted octanol–water partition coefficient (Wildman–Crippen LogP) is 2.28. The highest BCUT2D eigenvalue weighted by atomic mass is 16.5. The number of carbonyl (C=O) groups is 2. The van der Waals surface area contributed by atoms with E-state index in [4.69, 9.17) is 4.74 Å². The van der Waals surface area contributed by atoms with Gasteiger partial charge < -0.3 is 15.0 Å². The maximum absolute atomic E-state index is 12.7. The number of rotatable bonds is 4. The first-order valence-corrected chi connectivity index (χ1v) is 8.44. The standard InChI is InChI=1S/C19H24N2O3/c1-12(2)17-15(9-10-24-17)18(22)20-16-11-13(3)21(19(16)23)14-7-5-4-6-8-14/h4-8,13,15-17H,1,9-11H2,2-3H3,(H,20,22)/t13-,15-,16-,17-/m1/s1. The van der Waals surface area contributed by atoms with Gasteiger partial charge in [-0.15, -0.1) is 0 Å². The van der Waals surface area contributed by atoms with Crippen molar-refractivity contribution in [1.29, 1.82) is 0 Å². The van der Waals surface area contributed by atoms with Crippen molar-refractivity contribution < 1.29 is 14.3 Å². The van der Waals surface area contributed by atoms with Crippen molar-refractivity contribution in [3.05, 3.63) is 42.5 Å². The van der Waals surface area contributed by atoms with Crippen LogP contribution in [0, 0.1) is 5.92 Å². The molecule has 0 bridgehead atoms. The third kappa shape index (κ3) is 3.08. The lowest BCUT2D eigenvalue weighted by molar-refractivity contribution is -0.130. The molecule has 2 fully saturated rings. The highest BCUT2D eigenvalue weighted by Gasteiger charge is 2.41. The van der Waals surface area contributed by atoms with Crippen molar-refractivity contribution >= 4 is 17.5 Å². The Labute approximate surface area is 142 Å². The molecule has 2 aliphatic rings. The van der Waals surface area contributed by atoms with Crippen LogP contribution in [0.3, 0.4) is 0 Å². The second-order valence-electron chi connectivity index (χ2n) is 6.72. The van der Waals surface area contributed by atoms with E-state index in [1.807, 2.05) is 44.2 Å². The van der Waals surface area contributed by atoms with Crippen LogP contribution in [0.4, 0.5) is 5.69 Å². The lowest BCUT2D eigenvalue weighted by Crippen LogP contribution is -2.45. The first-order chi connectivity index (χ1) is 11.5. The van der Waals surface area contributed by atoms with Crippen molar-refractivity contribution in [3.63, 3.8) is 0 Å². The molecule has 5 heteroatoms. The van der Waals surface area contributed by atoms with E-state index in [9.17, 15) is 9.59 Å². The smallest absolute Gasteiger partial charge is 0.249 e. The van der Waals surface area contributed by atoms with Crippen LogP contribution in [0.25, 0.3) is 0 Å². The molecule has 24 heavy (non-hydrogen) atoms. The molecule has 2 heterocycles. The lowest BCUT2D eigenvalue weighted by atomic mass is 9.95. The van der Waals surface area contributed by atoms with Gasteiger partial charge in [-0.2, -0.15) is 0 Å². The number of amides is 2. The number of anilines is 1. The van der Waals surface area contributed by atoms with E-state index in [-0.39, 0.29) is 29.9 Å². The molecule has 2 saturated heterocycles. The van der Waals surface area contributed by atoms with Crippen molar-refractivity contribution in [3.8, 4) is 0 Å². The van der Waals surface area contributed by atoms with E-state index in [0.717, 1.165) is 11.3 Å². The minimum atomic E-state index is -0.473. The van der Waals surface area contributed by atoms with Gasteiger partial charge in [0.15, 0.2) is 0 Å². The zero-order valence-corrected chi connectivity index (χ0v) is 14.2. The second kappa shape index (κ2) is 6.77. The van der Waals surface area contributed by atoms with Gasteiger partial charge in [-0.05, 0) is 38.8 Å². The number of hydrogen-bond donors (Lipinski definition) is 1. The third-order valence-electron chi connectivity index (χ3n) is 4.82. The molecule has 0 spiro atoms. The number of ether oxygens (including phenoxy) is 1. The molecular weight excluding hydrogens is 304 g/mol. The van der Waals surface area contributed by atoms with Gasteiger partial charge in [-0.1, -0.05) is 30.4 Å². The number of hydrogen-bond acceptors (Lipinski definition) is 3. The minimum Gasteiger partial charge on any atom is -0.373 e. The average molecular weight is 328 g/mol. The topological polar surface area (TPSA) is 58.6 Å². The molecule has 0 aromatic heterocycles. The molecule has 4 atom stereocenters. The Balaban J connectivity index is 1.69. The van der Waals surface area contributed by atoms with E-state index in [0.29, 0.717) is 19.4 Å². The SMILES string of the molecule is C=C(C)[C@H]1OCC[C@H]1C(=O)N[C@@H]1C[C@@H](C)N(c2ccccc2)C1=O. The van der Waals surface area contributed by atoms with Crippen LogP contribution in [-0.2, 0) is 14.3 Å². The maximum Gasteiger partial charge on any atom is 0.249 e. The van der Waals surface area contributed by atoms with Crippen LogP contribution < -0.4 is 10.2 Å². The predicted molar refractivity (Wildman–Crippen MR) is 92.6 cm³/mol. The van der Waals surface area contributed by atoms with Crippen molar-refractivity contribution in [2.45, 2.75) is 44.9 Å². The number of para-hydroxylation sites is 1. The molecule has 0 saturated carbocycles. The van der Waals surface area contributed by atoms with E-state index < -0.39 is 6.04 Å². The van der Waals surface area contributed by atoms with Crippen LogP contribution in [0.5, 0.6) is 0 Å². The van der Waals surface area contributed by atoms with Gasteiger partial charge in [0.2, 0.25) is 11.8 Å². The molecule has 3 rings (SSSR count). The Hall–Kier alpha value is -2.14. The molecule has 1 aromatic carbocycles. The molecule has 128 valence electrons. The monoisotopic (exact) mass is 328 g/mol. The van der Waals surface area contributed by atoms with Crippen LogP contribution in [-0.4, -0.2) is 36.6 Å². The Kier molecular flexibility index (Phi) is 4.71. The summed E-state index contributed by atoms with van der Waals surface area (Å²) in [6, 6.07) is 9.16. The average Bonchev–Trinajstić information content (AvgIpc) is 3.14. The Bertz CT molecular complexity index is 643. The molecular formula is C19H24N2O3. The Morgan fingerprint density at radius 2 is 2.04 bits per heavy atom. The quantitative estimate of drug-likeness (QED) is 0.863. The summed E-state index contributed by atoms with van der Waals surface area (Å²) in [5.41, 5.74) is 1.72. The largest absolute Gasteiger partial charge is 0.373 e. The summed E-state index contributed by atoms with van der Waals surface area (Å²) in [6.45, 7) is 8.33. The number of carbonyl (C=O) groups excluding carboxylic acids is 2. The molecule has 1 aromatic rings. The Morgan fingerprint density at radius 1 is 1.33 bits per heavy atom. The number of benzene rings is 1. The van der Waals surface area contributed by atoms with Gasteiger partial charge in [0.05, 0.1) is 12.0 Å². The summed E-state index contributed by atoms with van der Waals surface area (Å²) in [4.78, 5) is 27.1. The zero-order chi connectivity index (χ0) is 17.3. The van der Waals surface area contributed by atoms with Crippen LogP contribution in [0.15, 0.2) is 42.5 Å². The van der Waals surface area contributed by atoms with Crippen molar-refractivity contribution in [2.75, 3.05) is 11.5 Å². The van der Waals surface area contributed by atoms with Crippen LogP contribution in [0.1, 0.15) is 26.7 Å². The molecule has 0 unspecified atom stereocenters. The molecule has 0 radical (unpaired) electrons. The summed E-state index contributed by atoms with van der Waals surface area (Å²) >= 11 is 0. The fourth-order valence-corrected chi connectivity index (χ4v) is 3.65. The summed E-state index contributed by atoms with van der Waals surface area (Å²) in [5, 5.41) is 2.93. The highest BCUT2D eigenvalue weighted by molar-refractivity contribution is 6.02. The highest BCUT2D eigenvalue weighted by Crippen LogP contribution is 2.29. The fourth-order valence-electron chi connectivity index (χ4n) is 3.65. The molecule has 5 nitrogen and oxygen atoms in total. The molecule has 2 aliphatic heterocycles. The zero-order valence-electron chi connectivity index (χ0n) is 14.2. The van der Waals surface area contributed by atoms with Crippen molar-refractivity contribution in [2.24, 2.45) is 5.92 Å². The number of nitrogens with one attached hydrogen (secondary N) is 1. The molecule has 0 aliphatic carbocycles. The van der Waals surface area contributed by atoms with Crippen molar-refractivity contribution in [1.82, 2.24) is 5.32 Å². The number of nitrogens with zero attached hydrogens (tertiary/aromatic N) is 1. The normalized spacial score (nSPS) is 29.8. The summed E-state index contributed by atoms with van der Waals surface area (Å²) < 4.78 is 5.60. The Morgan fingerprint density at radius 3 is 2.71 bits per heavy atom. The third-order valence-corrected chi connectivity index (χ3v) is 4.82. The maximum atomic E-state index is 12.7.